The number of aromatic nitrogens is 3. The van der Waals surface area contributed by atoms with Crippen molar-refractivity contribution >= 4 is 40.4 Å². The zero-order valence-electron chi connectivity index (χ0n) is 16.9. The molecule has 0 atom stereocenters. The van der Waals surface area contributed by atoms with Gasteiger partial charge >= 0.3 is 5.69 Å². The van der Waals surface area contributed by atoms with Crippen LogP contribution in [0.25, 0.3) is 10.6 Å². The van der Waals surface area contributed by atoms with Crippen LogP contribution in [0.1, 0.15) is 16.1 Å². The summed E-state index contributed by atoms with van der Waals surface area (Å²) in [6.07, 6.45) is 0. The summed E-state index contributed by atoms with van der Waals surface area (Å²) in [6, 6.07) is 16.3. The molecule has 0 radical (unpaired) electrons. The van der Waals surface area contributed by atoms with E-state index in [9.17, 15) is 14.4 Å². The van der Waals surface area contributed by atoms with Crippen molar-refractivity contribution in [2.24, 2.45) is 0 Å². The summed E-state index contributed by atoms with van der Waals surface area (Å²) in [5.74, 6) is -0.629. The predicted molar refractivity (Wildman–Crippen MR) is 127 cm³/mol. The third-order valence-corrected chi connectivity index (χ3v) is 6.00. The lowest BCUT2D eigenvalue weighted by Gasteiger charge is -2.19. The molecule has 4 rings (SSSR count). The van der Waals surface area contributed by atoms with Crippen LogP contribution < -0.4 is 21.9 Å². The topological polar surface area (TPSA) is 114 Å². The molecule has 32 heavy (non-hydrogen) atoms. The second kappa shape index (κ2) is 8.81. The molecule has 0 aliphatic heterocycles. The molecule has 2 aromatic heterocycles. The Hall–Kier alpha value is -3.69. The second-order valence-corrected chi connectivity index (χ2v) is 8.27. The van der Waals surface area contributed by atoms with Gasteiger partial charge < -0.3 is 10.6 Å². The number of hydrogen-bond donors (Lipinski definition) is 2. The number of benzene rings is 2. The standard InChI is InChI=1S/C22H18ClN5O3S/c1-27(21(30)16-12-32-20(25-16)14-7-9-15(23)10-8-14)17-18(24)28(22(31)26-19(17)29)11-13-5-3-2-4-6-13/h2-10,12H,11,24H2,1H3,(H,26,29,31). The minimum absolute atomic E-state index is 0.105. The number of nitrogens with two attached hydrogens (primary N) is 1. The van der Waals surface area contributed by atoms with Gasteiger partial charge in [0, 0.05) is 23.0 Å². The van der Waals surface area contributed by atoms with Crippen molar-refractivity contribution in [2.75, 3.05) is 17.7 Å². The maximum Gasteiger partial charge on any atom is 0.330 e. The third-order valence-electron chi connectivity index (χ3n) is 4.85. The number of rotatable bonds is 5. The van der Waals surface area contributed by atoms with Gasteiger partial charge in [-0.25, -0.2) is 9.78 Å². The lowest BCUT2D eigenvalue weighted by molar-refractivity contribution is 0.0988. The van der Waals surface area contributed by atoms with Crippen LogP contribution in [-0.4, -0.2) is 27.5 Å². The van der Waals surface area contributed by atoms with Crippen LogP contribution in [0.4, 0.5) is 11.5 Å². The summed E-state index contributed by atoms with van der Waals surface area (Å²) in [4.78, 5) is 45.7. The first-order valence-corrected chi connectivity index (χ1v) is 10.8. The number of aromatic amines is 1. The molecule has 0 saturated heterocycles. The number of nitrogens with zero attached hydrogens (tertiary/aromatic N) is 3. The number of halogens is 1. The summed E-state index contributed by atoms with van der Waals surface area (Å²) in [6.45, 7) is 0.148. The Kier molecular flexibility index (Phi) is 5.93. The highest BCUT2D eigenvalue weighted by atomic mass is 35.5. The highest BCUT2D eigenvalue weighted by Crippen LogP contribution is 2.26. The van der Waals surface area contributed by atoms with E-state index in [4.69, 9.17) is 17.3 Å². The lowest BCUT2D eigenvalue weighted by atomic mass is 10.2. The normalized spacial score (nSPS) is 10.8. The molecule has 8 nitrogen and oxygen atoms in total. The van der Waals surface area contributed by atoms with Gasteiger partial charge in [-0.1, -0.05) is 54.1 Å². The van der Waals surface area contributed by atoms with Crippen LogP contribution in [0.3, 0.4) is 0 Å². The summed E-state index contributed by atoms with van der Waals surface area (Å²) in [5.41, 5.74) is 6.45. The maximum absolute atomic E-state index is 13.1. The average molecular weight is 468 g/mol. The molecule has 0 bridgehead atoms. The molecule has 10 heteroatoms. The first-order valence-electron chi connectivity index (χ1n) is 9.51. The first-order chi connectivity index (χ1) is 15.3. The van der Waals surface area contributed by atoms with Crippen LogP contribution in [-0.2, 0) is 6.54 Å². The van der Waals surface area contributed by atoms with Gasteiger partial charge in [0.05, 0.1) is 6.54 Å². The highest BCUT2D eigenvalue weighted by molar-refractivity contribution is 7.13. The number of carbonyl (C=O) groups excluding carboxylic acids is 1. The van der Waals surface area contributed by atoms with E-state index in [1.165, 1.54) is 23.0 Å². The van der Waals surface area contributed by atoms with Crippen molar-refractivity contribution in [3.8, 4) is 10.6 Å². The molecule has 0 saturated carbocycles. The Labute approximate surface area is 191 Å². The summed E-state index contributed by atoms with van der Waals surface area (Å²) < 4.78 is 1.22. The van der Waals surface area contributed by atoms with E-state index in [0.29, 0.717) is 10.0 Å². The number of H-pyrrole nitrogens is 1. The zero-order chi connectivity index (χ0) is 22.8. The smallest absolute Gasteiger partial charge is 0.330 e. The Morgan fingerprint density at radius 3 is 2.53 bits per heavy atom. The van der Waals surface area contributed by atoms with Crippen molar-refractivity contribution in [3.63, 3.8) is 0 Å². The van der Waals surface area contributed by atoms with Gasteiger partial charge in [0.15, 0.2) is 5.69 Å². The zero-order valence-corrected chi connectivity index (χ0v) is 18.5. The molecule has 162 valence electrons. The molecule has 0 fully saturated rings. The summed E-state index contributed by atoms with van der Waals surface area (Å²) >= 11 is 7.21. The highest BCUT2D eigenvalue weighted by Gasteiger charge is 2.24. The van der Waals surface area contributed by atoms with Crippen molar-refractivity contribution in [3.05, 3.63) is 97.1 Å². The van der Waals surface area contributed by atoms with Gasteiger partial charge in [-0.05, 0) is 17.7 Å². The number of carbonyl (C=O) groups is 1. The molecule has 0 aliphatic rings. The molecule has 2 aromatic carbocycles. The Bertz CT molecular complexity index is 1390. The molecule has 1 amide bonds. The number of thiazole rings is 1. The second-order valence-electron chi connectivity index (χ2n) is 6.97. The molecule has 2 heterocycles. The largest absolute Gasteiger partial charge is 0.383 e. The fourth-order valence-electron chi connectivity index (χ4n) is 3.19. The van der Waals surface area contributed by atoms with Gasteiger partial charge in [-0.3, -0.25) is 19.1 Å². The summed E-state index contributed by atoms with van der Waals surface area (Å²) in [5, 5.41) is 2.84. The minimum atomic E-state index is -0.749. The lowest BCUT2D eigenvalue weighted by Crippen LogP contribution is -2.39. The van der Waals surface area contributed by atoms with Crippen LogP contribution >= 0.6 is 22.9 Å². The van der Waals surface area contributed by atoms with Gasteiger partial charge in [0.1, 0.15) is 16.5 Å². The van der Waals surface area contributed by atoms with Crippen molar-refractivity contribution in [2.45, 2.75) is 6.54 Å². The molecule has 0 aliphatic carbocycles. The van der Waals surface area contributed by atoms with Crippen molar-refractivity contribution in [1.82, 2.24) is 14.5 Å². The first kappa shape index (κ1) is 21.5. The van der Waals surface area contributed by atoms with Crippen LogP contribution in [0.2, 0.25) is 5.02 Å². The van der Waals surface area contributed by atoms with Gasteiger partial charge in [-0.15, -0.1) is 11.3 Å². The van der Waals surface area contributed by atoms with Gasteiger partial charge in [0.2, 0.25) is 0 Å². The Morgan fingerprint density at radius 2 is 1.84 bits per heavy atom. The quantitative estimate of drug-likeness (QED) is 0.467. The van der Waals surface area contributed by atoms with Crippen LogP contribution in [0.15, 0.2) is 69.6 Å². The van der Waals surface area contributed by atoms with Crippen molar-refractivity contribution in [1.29, 1.82) is 0 Å². The van der Waals surface area contributed by atoms with Gasteiger partial charge in [0.25, 0.3) is 11.5 Å². The van der Waals surface area contributed by atoms with E-state index < -0.39 is 17.2 Å². The van der Waals surface area contributed by atoms with Crippen molar-refractivity contribution < 1.29 is 4.79 Å². The Balaban J connectivity index is 1.67. The maximum atomic E-state index is 13.1. The van der Waals surface area contributed by atoms with E-state index in [2.05, 4.69) is 9.97 Å². The van der Waals surface area contributed by atoms with E-state index >= 15 is 0 Å². The fraction of sp³-hybridized carbons (Fsp3) is 0.0909. The van der Waals surface area contributed by atoms with Crippen LogP contribution in [0.5, 0.6) is 0 Å². The number of nitrogen functional groups attached to an aromatic ring is 1. The number of anilines is 2. The molecule has 3 N–H and O–H groups in total. The SMILES string of the molecule is CN(C(=O)c1csc(-c2ccc(Cl)cc2)n1)c1c(N)n(Cc2ccccc2)c(=O)[nH]c1=O. The van der Waals surface area contributed by atoms with E-state index in [-0.39, 0.29) is 23.7 Å². The summed E-state index contributed by atoms with van der Waals surface area (Å²) in [7, 11) is 1.42. The number of amides is 1. The van der Waals surface area contributed by atoms with E-state index in [0.717, 1.165) is 16.0 Å². The molecule has 0 spiro atoms. The van der Waals surface area contributed by atoms with E-state index in [1.54, 1.807) is 29.6 Å². The number of nitrogens with one attached hydrogen (secondary N) is 1. The fourth-order valence-corrected chi connectivity index (χ4v) is 4.12. The average Bonchev–Trinajstić information content (AvgIpc) is 3.27. The van der Waals surface area contributed by atoms with E-state index in [1.807, 2.05) is 30.3 Å². The predicted octanol–water partition coefficient (Wildman–Crippen LogP) is 3.22. The monoisotopic (exact) mass is 467 g/mol. The molecule has 4 aromatic rings. The molecular weight excluding hydrogens is 450 g/mol. The molecular formula is C22H18ClN5O3S. The van der Waals surface area contributed by atoms with Crippen LogP contribution in [0, 0.1) is 0 Å². The number of hydrogen-bond acceptors (Lipinski definition) is 6. The third kappa shape index (κ3) is 4.20. The Morgan fingerprint density at radius 1 is 1.16 bits per heavy atom. The molecule has 0 unspecified atom stereocenters. The minimum Gasteiger partial charge on any atom is -0.383 e. The van der Waals surface area contributed by atoms with Gasteiger partial charge in [-0.2, -0.15) is 0 Å².